The minimum Gasteiger partial charge on any atom is -0.382 e. The Kier molecular flexibility index (Phi) is 6.41. The standard InChI is InChI=1S/C25H30ClN9OS2/c1-24(2,3)38(36)32-21-16-4-9-31-35(16)14-25(21)6-10-33(11-7-25)23-17-12-28-15-34(17)19(13-30-23)37-18-5-8-29-22(27)20(18)26/h4-5,8-9,12-13,15,21,32H,6-7,10-11,14H2,1-3H3,(H2,27,29)/t21-,38+/m1/s1. The molecule has 1 spiro atoms. The molecule has 2 aliphatic heterocycles. The van der Waals surface area contributed by atoms with E-state index in [-0.39, 0.29) is 16.2 Å². The van der Waals surface area contributed by atoms with E-state index in [2.05, 4.69) is 35.4 Å². The maximum absolute atomic E-state index is 13.1. The van der Waals surface area contributed by atoms with Gasteiger partial charge in [0.05, 0.1) is 44.9 Å². The predicted molar refractivity (Wildman–Crippen MR) is 151 cm³/mol. The van der Waals surface area contributed by atoms with Crippen LogP contribution < -0.4 is 15.4 Å². The Morgan fingerprint density at radius 1 is 1.18 bits per heavy atom. The van der Waals surface area contributed by atoms with E-state index in [0.29, 0.717) is 10.8 Å². The average molecular weight is 572 g/mol. The van der Waals surface area contributed by atoms with Crippen LogP contribution in [0.1, 0.15) is 45.3 Å². The first-order valence-electron chi connectivity index (χ1n) is 12.5. The Bertz CT molecular complexity index is 1520. The number of aromatic nitrogens is 6. The van der Waals surface area contributed by atoms with Crippen molar-refractivity contribution in [3.63, 3.8) is 0 Å². The van der Waals surface area contributed by atoms with Gasteiger partial charge in [-0.3, -0.25) is 9.08 Å². The fourth-order valence-electron chi connectivity index (χ4n) is 5.34. The maximum atomic E-state index is 13.1. The number of nitrogens with zero attached hydrogens (tertiary/aromatic N) is 7. The molecule has 4 aromatic heterocycles. The lowest BCUT2D eigenvalue weighted by molar-refractivity contribution is 0.161. The van der Waals surface area contributed by atoms with E-state index < -0.39 is 11.0 Å². The molecule has 38 heavy (non-hydrogen) atoms. The fraction of sp³-hybridized carbons (Fsp3) is 0.440. The number of fused-ring (bicyclic) bond motifs is 2. The lowest BCUT2D eigenvalue weighted by Gasteiger charge is -2.43. The van der Waals surface area contributed by atoms with Crippen LogP contribution in [0, 0.1) is 5.41 Å². The van der Waals surface area contributed by atoms with Gasteiger partial charge in [0.2, 0.25) is 0 Å². The summed E-state index contributed by atoms with van der Waals surface area (Å²) in [7, 11) is -1.18. The third kappa shape index (κ3) is 4.37. The summed E-state index contributed by atoms with van der Waals surface area (Å²) in [5.74, 6) is 1.21. The molecule has 4 aromatic rings. The summed E-state index contributed by atoms with van der Waals surface area (Å²) < 4.78 is 20.3. The van der Waals surface area contributed by atoms with Crippen LogP contribution in [0.4, 0.5) is 11.6 Å². The molecule has 0 saturated carbocycles. The van der Waals surface area contributed by atoms with Gasteiger partial charge in [0, 0.05) is 42.3 Å². The van der Waals surface area contributed by atoms with E-state index >= 15 is 0 Å². The highest BCUT2D eigenvalue weighted by molar-refractivity contribution is 7.99. The van der Waals surface area contributed by atoms with E-state index in [1.807, 2.05) is 49.8 Å². The van der Waals surface area contributed by atoms with Crippen molar-refractivity contribution in [1.29, 1.82) is 0 Å². The quantitative estimate of drug-likeness (QED) is 0.367. The van der Waals surface area contributed by atoms with E-state index in [1.54, 1.807) is 12.5 Å². The Morgan fingerprint density at radius 3 is 2.74 bits per heavy atom. The van der Waals surface area contributed by atoms with Crippen LogP contribution in [-0.4, -0.2) is 51.2 Å². The zero-order chi connectivity index (χ0) is 26.7. The SMILES string of the molecule is CC(C)(C)[S@](=O)N[C@@H]1c2ccnn2CC12CCN(c1ncc(Sc3ccnc(N)c3Cl)n3cncc13)CC2. The van der Waals surface area contributed by atoms with Gasteiger partial charge in [0.15, 0.2) is 5.82 Å². The van der Waals surface area contributed by atoms with Gasteiger partial charge in [0.1, 0.15) is 22.7 Å². The minimum absolute atomic E-state index is 0.00789. The predicted octanol–water partition coefficient (Wildman–Crippen LogP) is 4.10. The van der Waals surface area contributed by atoms with Crippen molar-refractivity contribution in [3.05, 3.63) is 54.0 Å². The van der Waals surface area contributed by atoms with Crippen LogP contribution in [0.15, 0.2) is 53.2 Å². The van der Waals surface area contributed by atoms with Gasteiger partial charge in [-0.05, 0) is 45.7 Å². The van der Waals surface area contributed by atoms with E-state index in [9.17, 15) is 4.21 Å². The van der Waals surface area contributed by atoms with E-state index in [1.165, 1.54) is 11.8 Å². The smallest absolute Gasteiger partial charge is 0.154 e. The summed E-state index contributed by atoms with van der Waals surface area (Å²) in [6.07, 6.45) is 10.8. The van der Waals surface area contributed by atoms with Gasteiger partial charge in [-0.25, -0.2) is 23.9 Å². The first kappa shape index (κ1) is 25.6. The highest BCUT2D eigenvalue weighted by atomic mass is 35.5. The van der Waals surface area contributed by atoms with Gasteiger partial charge in [-0.2, -0.15) is 5.10 Å². The van der Waals surface area contributed by atoms with Crippen molar-refractivity contribution in [1.82, 2.24) is 33.9 Å². The Labute approximate surface area is 233 Å². The number of imidazole rings is 1. The van der Waals surface area contributed by atoms with Crippen LogP contribution in [0.3, 0.4) is 0 Å². The maximum Gasteiger partial charge on any atom is 0.154 e. The number of anilines is 2. The number of nitrogens with one attached hydrogen (secondary N) is 1. The van der Waals surface area contributed by atoms with Gasteiger partial charge < -0.3 is 10.6 Å². The second-order valence-electron chi connectivity index (χ2n) is 10.9. The number of halogens is 1. The summed E-state index contributed by atoms with van der Waals surface area (Å²) in [4.78, 5) is 16.5. The molecule has 13 heteroatoms. The first-order valence-corrected chi connectivity index (χ1v) is 14.8. The summed E-state index contributed by atoms with van der Waals surface area (Å²) in [6.45, 7) is 8.48. The van der Waals surface area contributed by atoms with E-state index in [4.69, 9.17) is 22.3 Å². The van der Waals surface area contributed by atoms with Crippen LogP contribution in [0.25, 0.3) is 5.52 Å². The third-order valence-corrected chi connectivity index (χ3v) is 10.6. The number of nitrogen functional groups attached to an aromatic ring is 1. The normalized spacial score (nSPS) is 19.8. The fourth-order valence-corrected chi connectivity index (χ4v) is 7.40. The Hall–Kier alpha value is -2.67. The zero-order valence-corrected chi connectivity index (χ0v) is 23.9. The van der Waals surface area contributed by atoms with Crippen LogP contribution in [0.5, 0.6) is 0 Å². The molecule has 0 unspecified atom stereocenters. The number of hydrogen-bond donors (Lipinski definition) is 2. The summed E-state index contributed by atoms with van der Waals surface area (Å²) in [5, 5.41) is 5.87. The second-order valence-corrected chi connectivity index (χ2v) is 14.3. The zero-order valence-electron chi connectivity index (χ0n) is 21.5. The van der Waals surface area contributed by atoms with Crippen molar-refractivity contribution in [3.8, 4) is 0 Å². The molecule has 0 radical (unpaired) electrons. The number of nitrogens with two attached hydrogens (primary N) is 1. The summed E-state index contributed by atoms with van der Waals surface area (Å²) in [6, 6.07) is 3.88. The van der Waals surface area contributed by atoms with Crippen molar-refractivity contribution in [2.45, 2.75) is 60.9 Å². The number of pyridine rings is 1. The molecule has 2 atom stereocenters. The number of hydrogen-bond acceptors (Lipinski definition) is 8. The summed E-state index contributed by atoms with van der Waals surface area (Å²) in [5.41, 5.74) is 7.89. The van der Waals surface area contributed by atoms with Crippen molar-refractivity contribution >= 4 is 51.5 Å². The lowest BCUT2D eigenvalue weighted by atomic mass is 9.73. The topological polar surface area (TPSA) is 119 Å². The van der Waals surface area contributed by atoms with Crippen molar-refractivity contribution < 1.29 is 4.21 Å². The number of piperidine rings is 1. The molecule has 1 saturated heterocycles. The molecular weight excluding hydrogens is 542 g/mol. The molecule has 0 bridgehead atoms. The van der Waals surface area contributed by atoms with Crippen molar-refractivity contribution in [2.24, 2.45) is 5.41 Å². The Balaban J connectivity index is 1.24. The molecule has 6 rings (SSSR count). The average Bonchev–Trinajstić information content (AvgIpc) is 3.60. The molecule has 6 heterocycles. The van der Waals surface area contributed by atoms with Gasteiger partial charge in [-0.15, -0.1) is 0 Å². The molecule has 2 aliphatic rings. The molecule has 10 nitrogen and oxygen atoms in total. The molecule has 0 aliphatic carbocycles. The van der Waals surface area contributed by atoms with Crippen molar-refractivity contribution in [2.75, 3.05) is 23.7 Å². The molecule has 0 amide bonds. The van der Waals surface area contributed by atoms with Crippen LogP contribution >= 0.6 is 23.4 Å². The third-order valence-electron chi connectivity index (χ3n) is 7.46. The lowest BCUT2D eigenvalue weighted by Crippen LogP contribution is -2.48. The Morgan fingerprint density at radius 2 is 1.97 bits per heavy atom. The molecule has 3 N–H and O–H groups in total. The largest absolute Gasteiger partial charge is 0.382 e. The van der Waals surface area contributed by atoms with Crippen LogP contribution in [0.2, 0.25) is 5.02 Å². The monoisotopic (exact) mass is 571 g/mol. The molecule has 1 fully saturated rings. The molecule has 200 valence electrons. The van der Waals surface area contributed by atoms with Gasteiger partial charge in [0.25, 0.3) is 0 Å². The van der Waals surface area contributed by atoms with Gasteiger partial charge >= 0.3 is 0 Å². The molecular formula is C25H30ClN9OS2. The molecule has 0 aromatic carbocycles. The highest BCUT2D eigenvalue weighted by Crippen LogP contribution is 2.50. The first-order chi connectivity index (χ1) is 18.2. The summed E-state index contributed by atoms with van der Waals surface area (Å²) >= 11 is 7.86. The second kappa shape index (κ2) is 9.51. The minimum atomic E-state index is -1.18. The van der Waals surface area contributed by atoms with Crippen LogP contribution in [-0.2, 0) is 17.5 Å². The highest BCUT2D eigenvalue weighted by Gasteiger charge is 2.50. The van der Waals surface area contributed by atoms with E-state index in [0.717, 1.165) is 59.4 Å². The van der Waals surface area contributed by atoms with Gasteiger partial charge in [-0.1, -0.05) is 23.4 Å². The number of rotatable bonds is 5.